The van der Waals surface area contributed by atoms with Crippen molar-refractivity contribution in [3.05, 3.63) is 23.9 Å². The van der Waals surface area contributed by atoms with Gasteiger partial charge in [0, 0.05) is 12.2 Å². The summed E-state index contributed by atoms with van der Waals surface area (Å²) >= 11 is 3.13. The fourth-order valence-corrected chi connectivity index (χ4v) is 2.85. The third kappa shape index (κ3) is 5.79. The van der Waals surface area contributed by atoms with Crippen molar-refractivity contribution in [1.82, 2.24) is 10.3 Å². The topological polar surface area (TPSA) is 42.0 Å². The van der Waals surface area contributed by atoms with Crippen molar-refractivity contribution in [2.75, 3.05) is 11.6 Å². The van der Waals surface area contributed by atoms with E-state index in [1.807, 2.05) is 25.4 Å². The quantitative estimate of drug-likeness (QED) is 0.641. The lowest BCUT2D eigenvalue weighted by Crippen LogP contribution is -2.34. The van der Waals surface area contributed by atoms with Crippen molar-refractivity contribution in [1.29, 1.82) is 0 Å². The van der Waals surface area contributed by atoms with Gasteiger partial charge in [-0.15, -0.1) is 0 Å². The molecule has 1 aromatic rings. The van der Waals surface area contributed by atoms with Crippen molar-refractivity contribution in [3.63, 3.8) is 0 Å². The summed E-state index contributed by atoms with van der Waals surface area (Å²) in [6, 6.07) is 4.19. The van der Waals surface area contributed by atoms with Gasteiger partial charge in [-0.3, -0.25) is 4.79 Å². The Morgan fingerprint density at radius 2 is 2.41 bits per heavy atom. The molecular formula is C11H15BrN2OS2. The molecule has 1 N–H and O–H groups in total. The summed E-state index contributed by atoms with van der Waals surface area (Å²) in [7, 11) is 3.32. The molecule has 1 amide bonds. The minimum absolute atomic E-state index is 0.0188. The minimum atomic E-state index is 0.0188. The highest BCUT2D eigenvalue weighted by atomic mass is 79.9. The molecule has 94 valence electrons. The van der Waals surface area contributed by atoms with Gasteiger partial charge in [0.25, 0.3) is 0 Å². The van der Waals surface area contributed by atoms with Crippen LogP contribution in [0.15, 0.2) is 23.4 Å². The zero-order valence-corrected chi connectivity index (χ0v) is 13.0. The molecule has 1 heterocycles. The van der Waals surface area contributed by atoms with Crippen molar-refractivity contribution in [2.24, 2.45) is 0 Å². The Morgan fingerprint density at radius 1 is 1.65 bits per heavy atom. The number of hydrogen-bond donors (Lipinski definition) is 1. The van der Waals surface area contributed by atoms with Crippen molar-refractivity contribution in [3.8, 4) is 0 Å². The fourth-order valence-electron chi connectivity index (χ4n) is 1.43. The maximum Gasteiger partial charge on any atom is 0.230 e. The van der Waals surface area contributed by atoms with Gasteiger partial charge < -0.3 is 5.32 Å². The van der Waals surface area contributed by atoms with E-state index in [0.29, 0.717) is 5.33 Å². The third-order valence-corrected chi connectivity index (χ3v) is 4.12. The zero-order chi connectivity index (χ0) is 12.7. The van der Waals surface area contributed by atoms with E-state index in [-0.39, 0.29) is 11.9 Å². The van der Waals surface area contributed by atoms with Crippen LogP contribution in [0.2, 0.25) is 0 Å². The van der Waals surface area contributed by atoms with E-state index in [2.05, 4.69) is 32.3 Å². The molecule has 3 nitrogen and oxygen atoms in total. The Hall–Kier alpha value is -0.200. The van der Waals surface area contributed by atoms with E-state index >= 15 is 0 Å². The summed E-state index contributed by atoms with van der Waals surface area (Å²) in [4.78, 5) is 15.5. The van der Waals surface area contributed by atoms with Crippen LogP contribution in [0.4, 0.5) is 0 Å². The van der Waals surface area contributed by atoms with E-state index in [1.54, 1.807) is 21.6 Å². The lowest BCUT2D eigenvalue weighted by Gasteiger charge is -2.13. The monoisotopic (exact) mass is 334 g/mol. The lowest BCUT2D eigenvalue weighted by molar-refractivity contribution is -0.119. The molecule has 0 saturated carbocycles. The number of carbonyl (C=O) groups excluding carboxylic acids is 1. The van der Waals surface area contributed by atoms with Gasteiger partial charge in [0.15, 0.2) is 0 Å². The first kappa shape index (κ1) is 14.9. The molecule has 0 aliphatic heterocycles. The van der Waals surface area contributed by atoms with Crippen LogP contribution in [0.3, 0.4) is 0 Å². The smallest absolute Gasteiger partial charge is 0.230 e. The summed E-state index contributed by atoms with van der Waals surface area (Å²) in [5, 5.41) is 4.27. The van der Waals surface area contributed by atoms with Gasteiger partial charge in [0.05, 0.1) is 5.33 Å². The number of halogens is 1. The van der Waals surface area contributed by atoms with Crippen LogP contribution in [-0.2, 0) is 11.2 Å². The van der Waals surface area contributed by atoms with E-state index in [4.69, 9.17) is 0 Å². The normalized spacial score (nSPS) is 12.2. The number of alkyl halides is 1. The number of rotatable bonds is 6. The molecule has 1 unspecified atom stereocenters. The summed E-state index contributed by atoms with van der Waals surface area (Å²) in [6.45, 7) is 2.00. The molecule has 0 saturated heterocycles. The van der Waals surface area contributed by atoms with Crippen LogP contribution in [0.5, 0.6) is 0 Å². The van der Waals surface area contributed by atoms with Gasteiger partial charge in [0.2, 0.25) is 5.91 Å². The molecule has 0 spiro atoms. The number of nitrogens with zero attached hydrogens (tertiary/aromatic N) is 1. The SMILES string of the molecule is CSSc1cc(CC(C)NC(=O)CBr)ccn1. The summed E-state index contributed by atoms with van der Waals surface area (Å²) in [5.41, 5.74) is 1.19. The van der Waals surface area contributed by atoms with Crippen LogP contribution in [-0.4, -0.2) is 28.5 Å². The predicted molar refractivity (Wildman–Crippen MR) is 78.7 cm³/mol. The Morgan fingerprint density at radius 3 is 3.06 bits per heavy atom. The average Bonchev–Trinajstić information content (AvgIpc) is 2.29. The molecule has 0 bridgehead atoms. The number of aromatic nitrogens is 1. The van der Waals surface area contributed by atoms with Crippen LogP contribution in [0.1, 0.15) is 12.5 Å². The van der Waals surface area contributed by atoms with Gasteiger partial charge in [-0.2, -0.15) is 0 Å². The second kappa shape index (κ2) is 8.00. The van der Waals surface area contributed by atoms with Gasteiger partial charge in [-0.1, -0.05) is 26.7 Å². The standard InChI is InChI=1S/C11H15BrN2OS2/c1-8(14-10(15)7-12)5-9-3-4-13-11(6-9)17-16-2/h3-4,6,8H,5,7H2,1-2H3,(H,14,15). The molecule has 1 atom stereocenters. The highest BCUT2D eigenvalue weighted by Gasteiger charge is 2.07. The van der Waals surface area contributed by atoms with Crippen molar-refractivity contribution in [2.45, 2.75) is 24.4 Å². The van der Waals surface area contributed by atoms with Crippen LogP contribution in [0, 0.1) is 0 Å². The van der Waals surface area contributed by atoms with E-state index in [1.165, 1.54) is 5.56 Å². The first-order valence-electron chi connectivity index (χ1n) is 5.16. The zero-order valence-electron chi connectivity index (χ0n) is 9.77. The Labute approximate surface area is 118 Å². The largest absolute Gasteiger partial charge is 0.353 e. The third-order valence-electron chi connectivity index (χ3n) is 2.04. The molecule has 0 aliphatic rings. The predicted octanol–water partition coefficient (Wildman–Crippen LogP) is 2.89. The highest BCUT2D eigenvalue weighted by molar-refractivity contribution is 9.09. The molecule has 0 aromatic carbocycles. The average molecular weight is 335 g/mol. The molecule has 0 fully saturated rings. The molecular weight excluding hydrogens is 320 g/mol. The first-order chi connectivity index (χ1) is 8.15. The Balaban J connectivity index is 2.55. The number of hydrogen-bond acceptors (Lipinski definition) is 4. The molecule has 0 aliphatic carbocycles. The molecule has 0 radical (unpaired) electrons. The summed E-state index contributed by atoms with van der Waals surface area (Å²) in [6.07, 6.45) is 4.66. The molecule has 1 aromatic heterocycles. The van der Waals surface area contributed by atoms with Crippen molar-refractivity contribution < 1.29 is 4.79 Å². The maximum absolute atomic E-state index is 11.2. The number of nitrogens with one attached hydrogen (secondary N) is 1. The lowest BCUT2D eigenvalue weighted by atomic mass is 10.1. The van der Waals surface area contributed by atoms with Gasteiger partial charge in [-0.25, -0.2) is 4.98 Å². The Bertz CT molecular complexity index is 376. The summed E-state index contributed by atoms with van der Waals surface area (Å²) in [5.74, 6) is 0.0188. The fraction of sp³-hybridized carbons (Fsp3) is 0.455. The minimum Gasteiger partial charge on any atom is -0.353 e. The summed E-state index contributed by atoms with van der Waals surface area (Å²) < 4.78 is 0. The van der Waals surface area contributed by atoms with Gasteiger partial charge in [-0.05, 0) is 48.1 Å². The second-order valence-corrected chi connectivity index (χ2v) is 6.54. The number of pyridine rings is 1. The van der Waals surface area contributed by atoms with Crippen LogP contribution in [0.25, 0.3) is 0 Å². The Kier molecular flexibility index (Phi) is 6.99. The van der Waals surface area contributed by atoms with Crippen LogP contribution < -0.4 is 5.32 Å². The molecule has 1 rings (SSSR count). The highest BCUT2D eigenvalue weighted by Crippen LogP contribution is 2.26. The van der Waals surface area contributed by atoms with E-state index in [0.717, 1.165) is 11.4 Å². The maximum atomic E-state index is 11.2. The van der Waals surface area contributed by atoms with Gasteiger partial charge >= 0.3 is 0 Å². The number of amides is 1. The second-order valence-electron chi connectivity index (χ2n) is 3.56. The molecule has 17 heavy (non-hydrogen) atoms. The first-order valence-corrected chi connectivity index (χ1v) is 8.84. The molecule has 6 heteroatoms. The van der Waals surface area contributed by atoms with E-state index < -0.39 is 0 Å². The number of carbonyl (C=O) groups is 1. The van der Waals surface area contributed by atoms with Crippen LogP contribution >= 0.6 is 37.5 Å². The van der Waals surface area contributed by atoms with E-state index in [9.17, 15) is 4.79 Å². The van der Waals surface area contributed by atoms with Crippen molar-refractivity contribution >= 4 is 43.4 Å². The van der Waals surface area contributed by atoms with Gasteiger partial charge in [0.1, 0.15) is 5.03 Å².